The van der Waals surface area contributed by atoms with Crippen molar-refractivity contribution in [3.8, 4) is 5.88 Å². The summed E-state index contributed by atoms with van der Waals surface area (Å²) >= 11 is 3.42. The number of aromatic amines is 1. The number of hydrogen-bond acceptors (Lipinski definition) is 4. The number of rotatable bonds is 2. The molecule has 6 heteroatoms. The standard InChI is InChI=1S/C18H11BrN2O3/c1-8(22)9-5-6-10-13(7-9)20-16(17(10)23)14-11-3-2-4-12(19)15(11)21-18(14)24/h2-7,21,24H,1H3. The van der Waals surface area contributed by atoms with E-state index in [1.165, 1.54) is 6.92 Å². The molecule has 1 aliphatic heterocycles. The monoisotopic (exact) mass is 382 g/mol. The van der Waals surface area contributed by atoms with E-state index in [4.69, 9.17) is 0 Å². The number of aliphatic imine (C=N–C) groups is 1. The summed E-state index contributed by atoms with van der Waals surface area (Å²) in [6.45, 7) is 1.46. The quantitative estimate of drug-likeness (QED) is 0.652. The van der Waals surface area contributed by atoms with Crippen molar-refractivity contribution in [3.63, 3.8) is 0 Å². The molecule has 0 saturated heterocycles. The predicted octanol–water partition coefficient (Wildman–Crippen LogP) is 4.16. The Balaban J connectivity index is 1.94. The van der Waals surface area contributed by atoms with Gasteiger partial charge in [-0.15, -0.1) is 0 Å². The molecule has 0 amide bonds. The highest BCUT2D eigenvalue weighted by Gasteiger charge is 2.30. The lowest BCUT2D eigenvalue weighted by molar-refractivity contribution is 0.101. The van der Waals surface area contributed by atoms with Crippen LogP contribution in [0.25, 0.3) is 10.9 Å². The van der Waals surface area contributed by atoms with Crippen LogP contribution >= 0.6 is 15.9 Å². The van der Waals surface area contributed by atoms with Crippen molar-refractivity contribution in [2.45, 2.75) is 6.92 Å². The first-order chi connectivity index (χ1) is 11.5. The van der Waals surface area contributed by atoms with Gasteiger partial charge in [0.2, 0.25) is 5.78 Å². The smallest absolute Gasteiger partial charge is 0.214 e. The minimum atomic E-state index is -0.267. The van der Waals surface area contributed by atoms with Crippen molar-refractivity contribution >= 4 is 49.8 Å². The molecule has 4 rings (SSSR count). The molecule has 0 atom stereocenters. The van der Waals surface area contributed by atoms with Crippen LogP contribution in [0, 0.1) is 0 Å². The number of benzene rings is 2. The number of ketones is 2. The minimum Gasteiger partial charge on any atom is -0.494 e. The number of halogens is 1. The molecule has 0 aliphatic carbocycles. The van der Waals surface area contributed by atoms with Gasteiger partial charge < -0.3 is 10.1 Å². The lowest BCUT2D eigenvalue weighted by Gasteiger charge is -1.99. The Morgan fingerprint density at radius 1 is 1.25 bits per heavy atom. The number of aromatic nitrogens is 1. The van der Waals surface area contributed by atoms with Gasteiger partial charge in [0.1, 0.15) is 5.71 Å². The SMILES string of the molecule is CC(=O)c1ccc2c(c1)N=C(c1c(O)[nH]c3c(Br)cccc13)C2=O. The van der Waals surface area contributed by atoms with Gasteiger partial charge in [-0.2, -0.15) is 0 Å². The number of hydrogen-bond donors (Lipinski definition) is 2. The summed E-state index contributed by atoms with van der Waals surface area (Å²) in [6, 6.07) is 10.3. The third kappa shape index (κ3) is 2.03. The lowest BCUT2D eigenvalue weighted by atomic mass is 10.0. The number of fused-ring (bicyclic) bond motifs is 2. The maximum atomic E-state index is 12.7. The molecule has 0 saturated carbocycles. The van der Waals surface area contributed by atoms with Gasteiger partial charge in [-0.3, -0.25) is 9.59 Å². The first kappa shape index (κ1) is 14.8. The van der Waals surface area contributed by atoms with Gasteiger partial charge in [-0.25, -0.2) is 4.99 Å². The molecule has 0 unspecified atom stereocenters. The van der Waals surface area contributed by atoms with Crippen LogP contribution in [-0.4, -0.2) is 27.4 Å². The number of Topliss-reactive ketones (excluding diaryl/α,β-unsaturated/α-hetero) is 2. The van der Waals surface area contributed by atoms with Gasteiger partial charge in [0, 0.05) is 21.0 Å². The second-order valence-electron chi connectivity index (χ2n) is 5.59. The van der Waals surface area contributed by atoms with Gasteiger partial charge in [0.25, 0.3) is 0 Å². The number of para-hydroxylation sites is 1. The summed E-state index contributed by atoms with van der Waals surface area (Å²) < 4.78 is 0.781. The van der Waals surface area contributed by atoms with Crippen LogP contribution in [0.2, 0.25) is 0 Å². The molecule has 0 radical (unpaired) electrons. The van der Waals surface area contributed by atoms with E-state index in [1.807, 2.05) is 18.2 Å². The number of carbonyl (C=O) groups excluding carboxylic acids is 2. The molecule has 118 valence electrons. The molecule has 0 spiro atoms. The van der Waals surface area contributed by atoms with E-state index in [-0.39, 0.29) is 23.2 Å². The van der Waals surface area contributed by atoms with Gasteiger partial charge in [0.15, 0.2) is 11.7 Å². The van der Waals surface area contributed by atoms with Gasteiger partial charge in [-0.05, 0) is 41.1 Å². The average molecular weight is 383 g/mol. The molecule has 2 aromatic carbocycles. The zero-order valence-corrected chi connectivity index (χ0v) is 14.1. The highest BCUT2D eigenvalue weighted by molar-refractivity contribution is 9.10. The highest BCUT2D eigenvalue weighted by Crippen LogP contribution is 2.37. The fourth-order valence-corrected chi connectivity index (χ4v) is 3.38. The number of H-pyrrole nitrogens is 1. The van der Waals surface area contributed by atoms with Crippen molar-refractivity contribution in [1.29, 1.82) is 0 Å². The Morgan fingerprint density at radius 2 is 2.04 bits per heavy atom. The van der Waals surface area contributed by atoms with Crippen molar-refractivity contribution in [2.24, 2.45) is 4.99 Å². The molecular weight excluding hydrogens is 372 g/mol. The highest BCUT2D eigenvalue weighted by atomic mass is 79.9. The Morgan fingerprint density at radius 3 is 2.79 bits per heavy atom. The third-order valence-corrected chi connectivity index (χ3v) is 4.76. The Kier molecular flexibility index (Phi) is 3.18. The summed E-state index contributed by atoms with van der Waals surface area (Å²) in [6.07, 6.45) is 0. The molecule has 1 aromatic heterocycles. The largest absolute Gasteiger partial charge is 0.494 e. The van der Waals surface area contributed by atoms with Crippen LogP contribution in [0.3, 0.4) is 0 Å². The van der Waals surface area contributed by atoms with E-state index in [0.717, 1.165) is 4.47 Å². The average Bonchev–Trinajstić information content (AvgIpc) is 3.05. The summed E-state index contributed by atoms with van der Waals surface area (Å²) in [5.74, 6) is -0.465. The molecule has 2 heterocycles. The van der Waals surface area contributed by atoms with E-state index in [2.05, 4.69) is 25.9 Å². The lowest BCUT2D eigenvalue weighted by Crippen LogP contribution is -2.10. The normalized spacial score (nSPS) is 13.2. The van der Waals surface area contributed by atoms with E-state index in [9.17, 15) is 14.7 Å². The van der Waals surface area contributed by atoms with E-state index >= 15 is 0 Å². The third-order valence-electron chi connectivity index (χ3n) is 4.10. The Hall–Kier alpha value is -2.73. The molecule has 0 fully saturated rings. The molecule has 5 nitrogen and oxygen atoms in total. The number of nitrogens with zero attached hydrogens (tertiary/aromatic N) is 1. The number of aromatic hydroxyl groups is 1. The van der Waals surface area contributed by atoms with Crippen LogP contribution in [0.1, 0.15) is 33.2 Å². The summed E-state index contributed by atoms with van der Waals surface area (Å²) in [4.78, 5) is 31.5. The summed E-state index contributed by atoms with van der Waals surface area (Å²) in [5, 5.41) is 11.0. The van der Waals surface area contributed by atoms with Crippen LogP contribution < -0.4 is 0 Å². The van der Waals surface area contributed by atoms with Crippen molar-refractivity contribution in [1.82, 2.24) is 4.98 Å². The summed E-state index contributed by atoms with van der Waals surface area (Å²) in [7, 11) is 0. The fourth-order valence-electron chi connectivity index (χ4n) is 2.91. The topological polar surface area (TPSA) is 82.5 Å². The minimum absolute atomic E-state index is 0.0900. The molecule has 2 N–H and O–H groups in total. The zero-order chi connectivity index (χ0) is 17.0. The van der Waals surface area contributed by atoms with Crippen molar-refractivity contribution in [2.75, 3.05) is 0 Å². The van der Waals surface area contributed by atoms with Crippen LogP contribution in [0.5, 0.6) is 5.88 Å². The van der Waals surface area contributed by atoms with E-state index in [1.54, 1.807) is 18.2 Å². The van der Waals surface area contributed by atoms with Crippen molar-refractivity contribution in [3.05, 3.63) is 57.6 Å². The fraction of sp³-hybridized carbons (Fsp3) is 0.0556. The Bertz CT molecular complexity index is 1080. The second kappa shape index (κ2) is 5.14. The second-order valence-corrected chi connectivity index (χ2v) is 6.44. The van der Waals surface area contributed by atoms with E-state index in [0.29, 0.717) is 33.3 Å². The number of carbonyl (C=O) groups is 2. The van der Waals surface area contributed by atoms with Crippen LogP contribution in [0.4, 0.5) is 5.69 Å². The molecular formula is C18H11BrN2O3. The van der Waals surface area contributed by atoms with Crippen LogP contribution in [-0.2, 0) is 0 Å². The van der Waals surface area contributed by atoms with Crippen molar-refractivity contribution < 1.29 is 14.7 Å². The molecule has 0 bridgehead atoms. The molecule has 24 heavy (non-hydrogen) atoms. The summed E-state index contributed by atoms with van der Waals surface area (Å²) in [5.41, 5.74) is 2.62. The van der Waals surface area contributed by atoms with Gasteiger partial charge in [-0.1, -0.05) is 18.2 Å². The number of nitrogens with one attached hydrogen (secondary N) is 1. The molecule has 1 aliphatic rings. The maximum Gasteiger partial charge on any atom is 0.214 e. The molecule has 3 aromatic rings. The predicted molar refractivity (Wildman–Crippen MR) is 94.6 cm³/mol. The van der Waals surface area contributed by atoms with Gasteiger partial charge >= 0.3 is 0 Å². The zero-order valence-electron chi connectivity index (χ0n) is 12.6. The first-order valence-electron chi connectivity index (χ1n) is 7.25. The van der Waals surface area contributed by atoms with Crippen LogP contribution in [0.15, 0.2) is 45.9 Å². The Labute approximate surface area is 145 Å². The first-order valence-corrected chi connectivity index (χ1v) is 8.04. The van der Waals surface area contributed by atoms with Gasteiger partial charge in [0.05, 0.1) is 16.8 Å². The van der Waals surface area contributed by atoms with E-state index < -0.39 is 0 Å². The maximum absolute atomic E-state index is 12.7.